The summed E-state index contributed by atoms with van der Waals surface area (Å²) in [4.78, 5) is 0. The lowest BCUT2D eigenvalue weighted by Gasteiger charge is -2.31. The molecule has 0 amide bonds. The summed E-state index contributed by atoms with van der Waals surface area (Å²) < 4.78 is 0. The van der Waals surface area contributed by atoms with Crippen LogP contribution in [0, 0.1) is 17.8 Å². The Balaban J connectivity index is 2.14. The van der Waals surface area contributed by atoms with E-state index in [0.717, 1.165) is 17.8 Å². The molecule has 40 valence electrons. The maximum Gasteiger partial charge on any atom is -0.0383 e. The Morgan fingerprint density at radius 3 is 1.86 bits per heavy atom. The SMILES string of the molecule is CC1C2CC[C@H]1C2. The Bertz CT molecular complexity index is 72.0. The summed E-state index contributed by atoms with van der Waals surface area (Å²) in [6, 6.07) is 0. The minimum Gasteiger partial charge on any atom is -0.0620 e. The van der Waals surface area contributed by atoms with E-state index in [4.69, 9.17) is 0 Å². The molecule has 0 N–H and O–H groups in total. The smallest absolute Gasteiger partial charge is 0.0383 e. The van der Waals surface area contributed by atoms with Gasteiger partial charge in [-0.2, -0.15) is 0 Å². The molecule has 0 spiro atoms. The van der Waals surface area contributed by atoms with Gasteiger partial charge in [0.05, 0.1) is 0 Å². The highest BCUT2D eigenvalue weighted by Gasteiger charge is 2.43. The first-order valence-corrected chi connectivity index (χ1v) is 3.38. The third-order valence-corrected chi connectivity index (χ3v) is 3.00. The normalized spacial score (nSPS) is 57.0. The van der Waals surface area contributed by atoms with Crippen LogP contribution in [0.5, 0.6) is 0 Å². The zero-order valence-corrected chi connectivity index (χ0v) is 4.85. The molecule has 2 unspecified atom stereocenters. The van der Waals surface area contributed by atoms with Gasteiger partial charge in [0.25, 0.3) is 0 Å². The van der Waals surface area contributed by atoms with Crippen molar-refractivity contribution >= 4 is 0 Å². The molecule has 3 aliphatic rings. The first-order chi connectivity index (χ1) is 3.38. The van der Waals surface area contributed by atoms with E-state index in [1.54, 1.807) is 19.3 Å². The fourth-order valence-electron chi connectivity index (χ4n) is 2.20. The van der Waals surface area contributed by atoms with E-state index < -0.39 is 0 Å². The average molecular weight is 96.2 g/mol. The molecular formula is C7H12. The summed E-state index contributed by atoms with van der Waals surface area (Å²) in [6.45, 7) is 2.41. The largest absolute Gasteiger partial charge is 0.0620 e. The number of hydrogen-bond acceptors (Lipinski definition) is 0. The second-order valence-electron chi connectivity index (χ2n) is 3.19. The molecular weight excluding hydrogens is 84.1 g/mol. The maximum atomic E-state index is 2.41. The molecule has 0 heteroatoms. The molecule has 3 rings (SSSR count). The highest BCUT2D eigenvalue weighted by Crippen LogP contribution is 2.52. The molecule has 0 aromatic rings. The standard InChI is InChI=1S/C7H12/c1-5-6-2-3-7(5)4-6/h5-7H,2-4H2,1H3/t5?,6-,7?/m0/s1. The molecule has 0 aromatic carbocycles. The molecule has 3 fully saturated rings. The second-order valence-corrected chi connectivity index (χ2v) is 3.19. The lowest BCUT2D eigenvalue weighted by Crippen LogP contribution is -2.24. The van der Waals surface area contributed by atoms with Crippen molar-refractivity contribution in [3.63, 3.8) is 0 Å². The molecule has 3 aliphatic carbocycles. The molecule has 0 radical (unpaired) electrons. The zero-order chi connectivity index (χ0) is 4.85. The Morgan fingerprint density at radius 2 is 1.71 bits per heavy atom. The van der Waals surface area contributed by atoms with E-state index in [2.05, 4.69) is 6.92 Å². The third-order valence-electron chi connectivity index (χ3n) is 3.00. The molecule has 3 atom stereocenters. The number of hydrogen-bond donors (Lipinski definition) is 0. The van der Waals surface area contributed by atoms with Crippen molar-refractivity contribution < 1.29 is 0 Å². The molecule has 3 saturated carbocycles. The van der Waals surface area contributed by atoms with Gasteiger partial charge in [0.15, 0.2) is 0 Å². The van der Waals surface area contributed by atoms with Crippen LogP contribution in [0.2, 0.25) is 0 Å². The molecule has 0 aliphatic heterocycles. The molecule has 7 heavy (non-hydrogen) atoms. The van der Waals surface area contributed by atoms with Gasteiger partial charge in [-0.3, -0.25) is 0 Å². The Hall–Kier alpha value is 0. The van der Waals surface area contributed by atoms with Gasteiger partial charge in [-0.1, -0.05) is 6.92 Å². The van der Waals surface area contributed by atoms with Crippen LogP contribution in [0.3, 0.4) is 0 Å². The minimum atomic E-state index is 1.11. The van der Waals surface area contributed by atoms with Crippen LogP contribution in [0.25, 0.3) is 0 Å². The summed E-state index contributed by atoms with van der Waals surface area (Å²) in [7, 11) is 0. The van der Waals surface area contributed by atoms with E-state index in [0.29, 0.717) is 0 Å². The van der Waals surface area contributed by atoms with Crippen LogP contribution >= 0.6 is 0 Å². The Labute approximate surface area is 44.9 Å². The highest BCUT2D eigenvalue weighted by molar-refractivity contribution is 4.93. The first-order valence-electron chi connectivity index (χ1n) is 3.38. The van der Waals surface area contributed by atoms with Crippen LogP contribution in [-0.4, -0.2) is 0 Å². The van der Waals surface area contributed by atoms with E-state index in [-0.39, 0.29) is 0 Å². The van der Waals surface area contributed by atoms with Crippen molar-refractivity contribution in [1.82, 2.24) is 0 Å². The summed E-state index contributed by atoms with van der Waals surface area (Å²) in [5.74, 6) is 3.43. The molecule has 0 heterocycles. The number of rotatable bonds is 0. The monoisotopic (exact) mass is 96.1 g/mol. The second kappa shape index (κ2) is 1.04. The predicted molar refractivity (Wildman–Crippen MR) is 30.0 cm³/mol. The minimum absolute atomic E-state index is 1.11. The van der Waals surface area contributed by atoms with E-state index in [9.17, 15) is 0 Å². The summed E-state index contributed by atoms with van der Waals surface area (Å²) in [5, 5.41) is 0. The van der Waals surface area contributed by atoms with Gasteiger partial charge >= 0.3 is 0 Å². The summed E-state index contributed by atoms with van der Waals surface area (Å²) in [6.07, 6.45) is 4.67. The van der Waals surface area contributed by atoms with E-state index >= 15 is 0 Å². The van der Waals surface area contributed by atoms with Crippen molar-refractivity contribution in [2.24, 2.45) is 17.8 Å². The molecule has 0 aromatic heterocycles. The van der Waals surface area contributed by atoms with Crippen molar-refractivity contribution in [3.8, 4) is 0 Å². The zero-order valence-electron chi connectivity index (χ0n) is 4.85. The quantitative estimate of drug-likeness (QED) is 0.433. The van der Waals surface area contributed by atoms with E-state index in [1.807, 2.05) is 0 Å². The fourth-order valence-corrected chi connectivity index (χ4v) is 2.20. The predicted octanol–water partition coefficient (Wildman–Crippen LogP) is 2.05. The highest BCUT2D eigenvalue weighted by atomic mass is 14.5. The van der Waals surface area contributed by atoms with Crippen molar-refractivity contribution in [2.45, 2.75) is 26.2 Å². The van der Waals surface area contributed by atoms with Crippen LogP contribution < -0.4 is 0 Å². The van der Waals surface area contributed by atoms with Crippen molar-refractivity contribution in [3.05, 3.63) is 0 Å². The topological polar surface area (TPSA) is 0 Å². The Morgan fingerprint density at radius 1 is 1.14 bits per heavy atom. The van der Waals surface area contributed by atoms with Gasteiger partial charge in [-0.25, -0.2) is 0 Å². The Kier molecular flexibility index (Phi) is 0.586. The average Bonchev–Trinajstić information content (AvgIpc) is 2.18. The molecule has 0 nitrogen and oxygen atoms in total. The van der Waals surface area contributed by atoms with Gasteiger partial charge in [-0.15, -0.1) is 0 Å². The van der Waals surface area contributed by atoms with Gasteiger partial charge in [0.2, 0.25) is 0 Å². The van der Waals surface area contributed by atoms with Crippen LogP contribution in [0.4, 0.5) is 0 Å². The van der Waals surface area contributed by atoms with Gasteiger partial charge in [0, 0.05) is 0 Å². The summed E-state index contributed by atoms with van der Waals surface area (Å²) >= 11 is 0. The van der Waals surface area contributed by atoms with Crippen molar-refractivity contribution in [2.75, 3.05) is 0 Å². The first kappa shape index (κ1) is 3.94. The van der Waals surface area contributed by atoms with Crippen LogP contribution in [0.1, 0.15) is 26.2 Å². The molecule has 0 saturated heterocycles. The van der Waals surface area contributed by atoms with Gasteiger partial charge < -0.3 is 0 Å². The maximum absolute atomic E-state index is 2.41. The third kappa shape index (κ3) is 0.332. The van der Waals surface area contributed by atoms with Crippen molar-refractivity contribution in [1.29, 1.82) is 0 Å². The fraction of sp³-hybridized carbons (Fsp3) is 1.00. The lowest BCUT2D eigenvalue weighted by atomic mass is 9.74. The number of fused-ring (bicyclic) bond motifs is 1. The van der Waals surface area contributed by atoms with Gasteiger partial charge in [-0.05, 0) is 37.0 Å². The van der Waals surface area contributed by atoms with Crippen LogP contribution in [-0.2, 0) is 0 Å². The van der Waals surface area contributed by atoms with E-state index in [1.165, 1.54) is 0 Å². The van der Waals surface area contributed by atoms with Crippen LogP contribution in [0.15, 0.2) is 0 Å². The van der Waals surface area contributed by atoms with Gasteiger partial charge in [0.1, 0.15) is 0 Å². The summed E-state index contributed by atoms with van der Waals surface area (Å²) in [5.41, 5.74) is 0. The lowest BCUT2D eigenvalue weighted by molar-refractivity contribution is 0.178. The molecule has 2 bridgehead atoms.